The van der Waals surface area contributed by atoms with Crippen LogP contribution in [-0.4, -0.2) is 64.4 Å². The highest BCUT2D eigenvalue weighted by atomic mass is 31.3. The maximum absolute atomic E-state index is 11.9. The molecule has 0 spiro atoms. The van der Waals surface area contributed by atoms with Crippen LogP contribution in [0.4, 0.5) is 11.9 Å². The van der Waals surface area contributed by atoms with Gasteiger partial charge in [-0.1, -0.05) is 0 Å². The van der Waals surface area contributed by atoms with Gasteiger partial charge in [-0.05, 0) is 0 Å². The van der Waals surface area contributed by atoms with E-state index in [9.17, 15) is 28.7 Å². The van der Waals surface area contributed by atoms with Crippen molar-refractivity contribution in [3.63, 3.8) is 0 Å². The molecule has 0 aromatic carbocycles. The van der Waals surface area contributed by atoms with Crippen molar-refractivity contribution < 1.29 is 51.6 Å². The Morgan fingerprint density at radius 2 is 1.90 bits per heavy atom. The number of nitrogen functional groups attached to an aromatic ring is 2. The van der Waals surface area contributed by atoms with Crippen LogP contribution in [0.5, 0.6) is 0 Å². The van der Waals surface area contributed by atoms with Crippen LogP contribution in [0.25, 0.3) is 11.2 Å². The lowest BCUT2D eigenvalue weighted by atomic mass is 10.1. The molecule has 31 heavy (non-hydrogen) atoms. The fourth-order valence-electron chi connectivity index (χ4n) is 2.69. The summed E-state index contributed by atoms with van der Waals surface area (Å²) in [5, 5.41) is 20.5. The molecule has 18 nitrogen and oxygen atoms in total. The highest BCUT2D eigenvalue weighted by Gasteiger charge is 2.49. The number of nitrogens with zero attached hydrogens (tertiary/aromatic N) is 3. The Hall–Kier alpha value is -1.94. The predicted molar refractivity (Wildman–Crippen MR) is 98.3 cm³/mol. The van der Waals surface area contributed by atoms with Crippen LogP contribution in [0.1, 0.15) is 6.23 Å². The zero-order chi connectivity index (χ0) is 23.1. The van der Waals surface area contributed by atoms with E-state index in [1.807, 2.05) is 0 Å². The van der Waals surface area contributed by atoms with Gasteiger partial charge in [0.2, 0.25) is 11.9 Å². The van der Waals surface area contributed by atoms with Gasteiger partial charge in [-0.3, -0.25) is 19.2 Å². The van der Waals surface area contributed by atoms with Crippen molar-refractivity contribution in [2.45, 2.75) is 24.5 Å². The third kappa shape index (κ3) is 5.11. The first-order valence-electron chi connectivity index (χ1n) is 7.93. The minimum atomic E-state index is -5.17. The summed E-state index contributed by atoms with van der Waals surface area (Å²) >= 11 is 0. The molecule has 7 atom stereocenters. The van der Waals surface area contributed by atoms with E-state index in [0.717, 1.165) is 4.57 Å². The standard InChI is InChI=1S/C10H13N6O12P3/c11-9-14-6-3(7(19)15-9)13-10(12)16(6)8-5(18)4(17)2(26-8)1-25-30(22)28-31(23,24)27-29(20)21/h2,4-5,8,17-18H,1H2,(H5-2,11,12,13,14,15,19,20,21,23,24)/p+2. The Balaban J connectivity index is 1.74. The summed E-state index contributed by atoms with van der Waals surface area (Å²) in [6.45, 7) is -0.738. The van der Waals surface area contributed by atoms with Crippen molar-refractivity contribution in [3.05, 3.63) is 10.4 Å². The number of nitrogens with two attached hydrogens (primary N) is 2. The number of hydrogen-bond donors (Lipinski definition) is 7. The van der Waals surface area contributed by atoms with Gasteiger partial charge in [0.1, 0.15) is 24.9 Å². The number of aromatic nitrogens is 4. The van der Waals surface area contributed by atoms with E-state index in [2.05, 4.69) is 28.1 Å². The van der Waals surface area contributed by atoms with Crippen LogP contribution < -0.4 is 17.0 Å². The predicted octanol–water partition coefficient (Wildman–Crippen LogP) is -1.64. The van der Waals surface area contributed by atoms with E-state index in [0.29, 0.717) is 0 Å². The number of rotatable bonds is 8. The molecule has 1 fully saturated rings. The fourth-order valence-corrected chi connectivity index (χ4v) is 4.92. The molecule has 1 saturated heterocycles. The first kappa shape index (κ1) is 23.7. The smallest absolute Gasteiger partial charge is 0.387 e. The highest BCUT2D eigenvalue weighted by Crippen LogP contribution is 2.57. The molecule has 1 aliphatic rings. The molecular formula is C10H15N6O12P3+2. The first-order chi connectivity index (χ1) is 14.4. The monoisotopic (exact) mass is 504 g/mol. The molecule has 170 valence electrons. The number of fused-ring (bicyclic) bond motifs is 1. The molecule has 2 aromatic heterocycles. The van der Waals surface area contributed by atoms with Crippen LogP contribution >= 0.6 is 24.3 Å². The zero-order valence-corrected chi connectivity index (χ0v) is 17.6. The fraction of sp³-hybridized carbons (Fsp3) is 0.500. The van der Waals surface area contributed by atoms with E-state index in [4.69, 9.17) is 26.0 Å². The van der Waals surface area contributed by atoms with Crippen LogP contribution in [0, 0.1) is 0 Å². The maximum atomic E-state index is 11.9. The third-order valence-corrected chi connectivity index (χ3v) is 6.98. The normalized spacial score (nSPS) is 26.7. The Morgan fingerprint density at radius 3 is 2.55 bits per heavy atom. The van der Waals surface area contributed by atoms with Crippen molar-refractivity contribution >= 4 is 47.4 Å². The van der Waals surface area contributed by atoms with Gasteiger partial charge in [-0.25, -0.2) is 9.55 Å². The molecule has 0 bridgehead atoms. The van der Waals surface area contributed by atoms with Gasteiger partial charge in [-0.15, -0.1) is 9.42 Å². The molecule has 0 amide bonds. The molecule has 2 aromatic rings. The van der Waals surface area contributed by atoms with Crippen molar-refractivity contribution in [2.75, 3.05) is 18.1 Å². The number of anilines is 2. The lowest BCUT2D eigenvalue weighted by molar-refractivity contribution is -0.0465. The van der Waals surface area contributed by atoms with Crippen molar-refractivity contribution in [3.8, 4) is 0 Å². The van der Waals surface area contributed by atoms with Gasteiger partial charge in [0.25, 0.3) is 5.56 Å². The number of hydrogen-bond acceptors (Lipinski definition) is 14. The molecule has 3 rings (SSSR count). The molecule has 0 aliphatic carbocycles. The van der Waals surface area contributed by atoms with Crippen LogP contribution in [0.3, 0.4) is 0 Å². The van der Waals surface area contributed by atoms with Gasteiger partial charge in [-0.2, -0.15) is 4.98 Å². The Labute approximate surface area is 172 Å². The summed E-state index contributed by atoms with van der Waals surface area (Å²) in [7, 11) is -12.1. The summed E-state index contributed by atoms with van der Waals surface area (Å²) in [6, 6.07) is 0. The highest BCUT2D eigenvalue weighted by molar-refractivity contribution is 7.61. The average molecular weight is 504 g/mol. The molecule has 9 N–H and O–H groups in total. The number of imidazole rings is 1. The maximum Gasteiger partial charge on any atom is 0.708 e. The lowest BCUT2D eigenvalue weighted by Crippen LogP contribution is -2.33. The quantitative estimate of drug-likeness (QED) is 0.198. The number of aliphatic hydroxyl groups excluding tert-OH is 2. The van der Waals surface area contributed by atoms with Crippen LogP contribution in [0.2, 0.25) is 0 Å². The summed E-state index contributed by atoms with van der Waals surface area (Å²) in [5.74, 6) is -0.580. The largest absolute Gasteiger partial charge is 0.708 e. The molecule has 0 saturated carbocycles. The molecule has 3 heterocycles. The summed E-state index contributed by atoms with van der Waals surface area (Å²) < 4.78 is 52.0. The number of nitrogens with one attached hydrogen (secondary N) is 1. The Bertz CT molecular complexity index is 1140. The minimum absolute atomic E-state index is 0.150. The summed E-state index contributed by atoms with van der Waals surface area (Å²) in [4.78, 5) is 39.4. The van der Waals surface area contributed by atoms with Gasteiger partial charge in [0.05, 0.1) is 0 Å². The van der Waals surface area contributed by atoms with E-state index in [1.54, 1.807) is 0 Å². The first-order valence-corrected chi connectivity index (χ1v) is 11.6. The van der Waals surface area contributed by atoms with E-state index in [-0.39, 0.29) is 23.1 Å². The lowest BCUT2D eigenvalue weighted by Gasteiger charge is -2.17. The molecule has 7 unspecified atom stereocenters. The van der Waals surface area contributed by atoms with E-state index >= 15 is 0 Å². The molecule has 21 heteroatoms. The average Bonchev–Trinajstić information content (AvgIpc) is 3.09. The number of H-pyrrole nitrogens is 1. The SMILES string of the molecule is Nc1nc2c(nc(N)n2C2OC(CO[P+](=O)OP(=O)(O)O[P+](=O)O)C(O)C2O)c(=O)[nH]1. The van der Waals surface area contributed by atoms with Gasteiger partial charge in [0.15, 0.2) is 17.4 Å². The summed E-state index contributed by atoms with van der Waals surface area (Å²) in [6.07, 6.45) is -6.09. The number of ether oxygens (including phenoxy) is 1. The van der Waals surface area contributed by atoms with Crippen molar-refractivity contribution in [1.29, 1.82) is 0 Å². The van der Waals surface area contributed by atoms with Crippen LogP contribution in [-0.2, 0) is 31.6 Å². The minimum Gasteiger partial charge on any atom is -0.387 e. The van der Waals surface area contributed by atoms with Crippen molar-refractivity contribution in [2.24, 2.45) is 0 Å². The summed E-state index contributed by atoms with van der Waals surface area (Å²) in [5.41, 5.74) is 10.2. The van der Waals surface area contributed by atoms with E-state index in [1.165, 1.54) is 0 Å². The number of phosphoric acid groups is 1. The van der Waals surface area contributed by atoms with Gasteiger partial charge >= 0.3 is 24.3 Å². The van der Waals surface area contributed by atoms with Gasteiger partial charge in [0, 0.05) is 17.8 Å². The van der Waals surface area contributed by atoms with Crippen LogP contribution in [0.15, 0.2) is 4.79 Å². The second kappa shape index (κ2) is 8.90. The molecule has 0 radical (unpaired) electrons. The Morgan fingerprint density at radius 1 is 1.23 bits per heavy atom. The second-order valence-corrected chi connectivity index (χ2v) is 9.32. The second-order valence-electron chi connectivity index (χ2n) is 5.90. The topological polar surface area (TPSA) is 285 Å². The molecule has 1 aliphatic heterocycles. The Kier molecular flexibility index (Phi) is 6.81. The molecular weight excluding hydrogens is 489 g/mol. The number of aromatic amines is 1. The zero-order valence-electron chi connectivity index (χ0n) is 14.9. The van der Waals surface area contributed by atoms with Gasteiger partial charge < -0.3 is 26.4 Å². The van der Waals surface area contributed by atoms with Crippen molar-refractivity contribution in [1.82, 2.24) is 19.5 Å². The van der Waals surface area contributed by atoms with E-state index < -0.39 is 61.0 Å². The third-order valence-electron chi connectivity index (χ3n) is 3.87. The number of aliphatic hydroxyl groups is 2.